The van der Waals surface area contributed by atoms with Gasteiger partial charge in [-0.1, -0.05) is 11.6 Å². The molecule has 2 N–H and O–H groups in total. The van der Waals surface area contributed by atoms with Crippen molar-refractivity contribution < 1.29 is 18.0 Å². The van der Waals surface area contributed by atoms with E-state index in [0.29, 0.717) is 18.7 Å². The van der Waals surface area contributed by atoms with Gasteiger partial charge in [0.1, 0.15) is 23.0 Å². The number of rotatable bonds is 3. The highest BCUT2D eigenvalue weighted by Gasteiger charge is 2.19. The summed E-state index contributed by atoms with van der Waals surface area (Å²) in [7, 11) is 0. The van der Waals surface area contributed by atoms with Crippen LogP contribution in [0, 0.1) is 17.5 Å². The van der Waals surface area contributed by atoms with Crippen molar-refractivity contribution >= 4 is 5.91 Å². The molecular formula is C13H13F3N2O. The van der Waals surface area contributed by atoms with Gasteiger partial charge in [-0.05, 0) is 13.0 Å². The Morgan fingerprint density at radius 2 is 1.95 bits per heavy atom. The molecule has 1 aromatic carbocycles. The summed E-state index contributed by atoms with van der Waals surface area (Å²) in [5.41, 5.74) is 0.242. The average Bonchev–Trinajstić information content (AvgIpc) is 2.36. The van der Waals surface area contributed by atoms with Crippen LogP contribution in [0.25, 0.3) is 0 Å². The maximum atomic E-state index is 13.4. The van der Waals surface area contributed by atoms with Crippen LogP contribution in [0.3, 0.4) is 0 Å². The predicted molar refractivity (Wildman–Crippen MR) is 64.2 cm³/mol. The first-order chi connectivity index (χ1) is 9.08. The predicted octanol–water partition coefficient (Wildman–Crippen LogP) is 1.75. The minimum atomic E-state index is -1.20. The Hall–Kier alpha value is -1.82. The first kappa shape index (κ1) is 13.6. The maximum absolute atomic E-state index is 13.4. The lowest BCUT2D eigenvalue weighted by Crippen LogP contribution is -2.30. The highest BCUT2D eigenvalue weighted by Crippen LogP contribution is 2.14. The molecule has 1 heterocycles. The van der Waals surface area contributed by atoms with Crippen molar-refractivity contribution in [1.29, 1.82) is 0 Å². The highest BCUT2D eigenvalue weighted by atomic mass is 19.1. The second kappa shape index (κ2) is 5.88. The van der Waals surface area contributed by atoms with E-state index in [1.165, 1.54) is 0 Å². The van der Waals surface area contributed by atoms with Gasteiger partial charge in [0, 0.05) is 25.2 Å². The summed E-state index contributed by atoms with van der Waals surface area (Å²) in [6.45, 7) is 1.75. The standard InChI is InChI=1S/C13H13F3N2O/c14-9-5-10(15)12(11(16)6-9)13(19)18-7-8-1-3-17-4-2-8/h1,5-6,17H,2-4,7H2,(H,18,19). The number of nitrogens with one attached hydrogen (secondary N) is 2. The molecule has 0 atom stereocenters. The first-order valence-electron chi connectivity index (χ1n) is 5.89. The van der Waals surface area contributed by atoms with Crippen molar-refractivity contribution in [3.05, 3.63) is 46.8 Å². The Bertz CT molecular complexity index is 506. The van der Waals surface area contributed by atoms with Gasteiger partial charge in [0.2, 0.25) is 0 Å². The summed E-state index contributed by atoms with van der Waals surface area (Å²) in [6, 6.07) is 0.976. The Labute approximate surface area is 108 Å². The number of carbonyl (C=O) groups excluding carboxylic acids is 1. The van der Waals surface area contributed by atoms with E-state index in [-0.39, 0.29) is 6.54 Å². The van der Waals surface area contributed by atoms with Gasteiger partial charge in [-0.2, -0.15) is 0 Å². The van der Waals surface area contributed by atoms with E-state index in [9.17, 15) is 18.0 Å². The maximum Gasteiger partial charge on any atom is 0.257 e. The van der Waals surface area contributed by atoms with E-state index >= 15 is 0 Å². The lowest BCUT2D eigenvalue weighted by Gasteiger charge is -2.14. The van der Waals surface area contributed by atoms with Crippen LogP contribution in [0.2, 0.25) is 0 Å². The fourth-order valence-electron chi connectivity index (χ4n) is 1.87. The van der Waals surface area contributed by atoms with E-state index in [1.54, 1.807) is 0 Å². The molecule has 2 rings (SSSR count). The van der Waals surface area contributed by atoms with Gasteiger partial charge in [0.15, 0.2) is 0 Å². The molecule has 3 nitrogen and oxygen atoms in total. The monoisotopic (exact) mass is 270 g/mol. The van der Waals surface area contributed by atoms with Crippen LogP contribution in [0.4, 0.5) is 13.2 Å². The molecule has 6 heteroatoms. The summed E-state index contributed by atoms with van der Waals surface area (Å²) < 4.78 is 39.4. The fraction of sp³-hybridized carbons (Fsp3) is 0.308. The van der Waals surface area contributed by atoms with Crippen LogP contribution in [0.15, 0.2) is 23.8 Å². The van der Waals surface area contributed by atoms with Gasteiger partial charge >= 0.3 is 0 Å². The van der Waals surface area contributed by atoms with Crippen molar-refractivity contribution in [2.45, 2.75) is 6.42 Å². The zero-order chi connectivity index (χ0) is 13.8. The van der Waals surface area contributed by atoms with Gasteiger partial charge in [0.25, 0.3) is 5.91 Å². The van der Waals surface area contributed by atoms with Gasteiger partial charge in [-0.15, -0.1) is 0 Å². The summed E-state index contributed by atoms with van der Waals surface area (Å²) in [5, 5.41) is 5.54. The number of hydrogen-bond donors (Lipinski definition) is 2. The van der Waals surface area contributed by atoms with Gasteiger partial charge in [0.05, 0.1) is 0 Å². The molecule has 0 bridgehead atoms. The van der Waals surface area contributed by atoms with E-state index in [2.05, 4.69) is 10.6 Å². The zero-order valence-corrected chi connectivity index (χ0v) is 10.1. The highest BCUT2D eigenvalue weighted by molar-refractivity contribution is 5.94. The second-order valence-electron chi connectivity index (χ2n) is 4.24. The quantitative estimate of drug-likeness (QED) is 0.822. The molecular weight excluding hydrogens is 257 g/mol. The number of halogens is 3. The molecule has 0 unspecified atom stereocenters. The van der Waals surface area contributed by atoms with Crippen molar-refractivity contribution in [1.82, 2.24) is 10.6 Å². The summed E-state index contributed by atoms with van der Waals surface area (Å²) >= 11 is 0. The lowest BCUT2D eigenvalue weighted by atomic mass is 10.1. The number of hydrogen-bond acceptors (Lipinski definition) is 2. The van der Waals surface area contributed by atoms with Crippen molar-refractivity contribution in [2.75, 3.05) is 19.6 Å². The molecule has 0 radical (unpaired) electrons. The largest absolute Gasteiger partial charge is 0.348 e. The molecule has 0 spiro atoms. The minimum Gasteiger partial charge on any atom is -0.348 e. The van der Waals surface area contributed by atoms with Gasteiger partial charge in [-0.25, -0.2) is 13.2 Å². The van der Waals surface area contributed by atoms with E-state index in [4.69, 9.17) is 0 Å². The smallest absolute Gasteiger partial charge is 0.257 e. The van der Waals surface area contributed by atoms with Crippen molar-refractivity contribution in [3.8, 4) is 0 Å². The molecule has 0 fully saturated rings. The van der Waals surface area contributed by atoms with Crippen LogP contribution < -0.4 is 10.6 Å². The van der Waals surface area contributed by atoms with Crippen molar-refractivity contribution in [2.24, 2.45) is 0 Å². The van der Waals surface area contributed by atoms with Gasteiger partial charge in [-0.3, -0.25) is 4.79 Å². The number of benzene rings is 1. The Balaban J connectivity index is 2.06. The minimum absolute atomic E-state index is 0.233. The SMILES string of the molecule is O=C(NCC1=CCNCC1)c1c(F)cc(F)cc1F. The number of carbonyl (C=O) groups is 1. The molecule has 1 aromatic rings. The van der Waals surface area contributed by atoms with Crippen LogP contribution in [0.5, 0.6) is 0 Å². The van der Waals surface area contributed by atoms with Crippen molar-refractivity contribution in [3.63, 3.8) is 0 Å². The third kappa shape index (κ3) is 3.35. The molecule has 1 aliphatic heterocycles. The first-order valence-corrected chi connectivity index (χ1v) is 5.89. The second-order valence-corrected chi connectivity index (χ2v) is 4.24. The molecule has 1 aliphatic rings. The molecule has 0 aromatic heterocycles. The van der Waals surface area contributed by atoms with Crippen LogP contribution >= 0.6 is 0 Å². The molecule has 19 heavy (non-hydrogen) atoms. The third-order valence-electron chi connectivity index (χ3n) is 2.87. The number of amides is 1. The molecule has 102 valence electrons. The van der Waals surface area contributed by atoms with E-state index in [1.807, 2.05) is 6.08 Å². The summed E-state index contributed by atoms with van der Waals surface area (Å²) in [6.07, 6.45) is 2.69. The summed E-state index contributed by atoms with van der Waals surface area (Å²) in [5.74, 6) is -4.33. The normalized spacial score (nSPS) is 15.0. The average molecular weight is 270 g/mol. The topological polar surface area (TPSA) is 41.1 Å². The molecule has 1 amide bonds. The van der Waals surface area contributed by atoms with Crippen LogP contribution in [-0.2, 0) is 0 Å². The lowest BCUT2D eigenvalue weighted by molar-refractivity contribution is 0.0948. The fourth-order valence-corrected chi connectivity index (χ4v) is 1.87. The van der Waals surface area contributed by atoms with Gasteiger partial charge < -0.3 is 10.6 Å². The zero-order valence-electron chi connectivity index (χ0n) is 10.1. The third-order valence-corrected chi connectivity index (χ3v) is 2.87. The van der Waals surface area contributed by atoms with Crippen LogP contribution in [-0.4, -0.2) is 25.5 Å². The van der Waals surface area contributed by atoms with E-state index in [0.717, 1.165) is 18.5 Å². The summed E-state index contributed by atoms with van der Waals surface area (Å²) in [4.78, 5) is 11.7. The Morgan fingerprint density at radius 1 is 1.26 bits per heavy atom. The Kier molecular flexibility index (Phi) is 4.21. The molecule has 0 saturated carbocycles. The molecule has 0 saturated heterocycles. The Morgan fingerprint density at radius 3 is 2.53 bits per heavy atom. The van der Waals surface area contributed by atoms with Crippen LogP contribution in [0.1, 0.15) is 16.8 Å². The molecule has 0 aliphatic carbocycles. The van der Waals surface area contributed by atoms with E-state index < -0.39 is 28.9 Å².